The van der Waals surface area contributed by atoms with Crippen LogP contribution in [0.4, 0.5) is 5.69 Å². The Hall–Kier alpha value is -0.770. The molecule has 0 heterocycles. The minimum Gasteiger partial charge on any atom is -0.399 e. The quantitative estimate of drug-likeness (QED) is 0.781. The summed E-state index contributed by atoms with van der Waals surface area (Å²) in [6.07, 6.45) is 0. The summed E-state index contributed by atoms with van der Waals surface area (Å²) < 4.78 is 0. The zero-order valence-electron chi connectivity index (χ0n) is 12.5. The summed E-state index contributed by atoms with van der Waals surface area (Å²) in [6, 6.07) is 5.78. The molecule has 0 fully saturated rings. The summed E-state index contributed by atoms with van der Waals surface area (Å²) in [5, 5.41) is 0.763. The molecule has 3 nitrogen and oxygen atoms in total. The predicted octanol–water partition coefficient (Wildman–Crippen LogP) is 2.94. The lowest BCUT2D eigenvalue weighted by atomic mass is 10.1. The standard InChI is InChI=1S/C15H26ClN3/c1-12(2)10-19(8-7-18(3)4)11-13-5-6-14(17)9-15(13)16/h5-6,9,12H,7-8,10-11,17H2,1-4H3. The average Bonchev–Trinajstić information content (AvgIpc) is 2.28. The van der Waals surface area contributed by atoms with E-state index in [4.69, 9.17) is 17.3 Å². The number of benzene rings is 1. The van der Waals surface area contributed by atoms with E-state index in [2.05, 4.69) is 37.7 Å². The number of nitrogens with zero attached hydrogens (tertiary/aromatic N) is 2. The molecule has 0 amide bonds. The van der Waals surface area contributed by atoms with Crippen molar-refractivity contribution in [1.29, 1.82) is 0 Å². The third-order valence-corrected chi connectivity index (χ3v) is 3.31. The Kier molecular flexibility index (Phi) is 6.63. The zero-order valence-corrected chi connectivity index (χ0v) is 13.2. The van der Waals surface area contributed by atoms with Crippen LogP contribution >= 0.6 is 11.6 Å². The van der Waals surface area contributed by atoms with Crippen molar-refractivity contribution < 1.29 is 0 Å². The van der Waals surface area contributed by atoms with Crippen molar-refractivity contribution in [2.24, 2.45) is 5.92 Å². The van der Waals surface area contributed by atoms with Gasteiger partial charge in [-0.2, -0.15) is 0 Å². The fraction of sp³-hybridized carbons (Fsp3) is 0.600. The highest BCUT2D eigenvalue weighted by atomic mass is 35.5. The highest BCUT2D eigenvalue weighted by molar-refractivity contribution is 6.31. The van der Waals surface area contributed by atoms with Crippen LogP contribution in [0, 0.1) is 5.92 Å². The number of nitrogen functional groups attached to an aromatic ring is 1. The first-order chi connectivity index (χ1) is 8.88. The summed E-state index contributed by atoms with van der Waals surface area (Å²) in [6.45, 7) is 8.55. The highest BCUT2D eigenvalue weighted by Crippen LogP contribution is 2.21. The molecule has 19 heavy (non-hydrogen) atoms. The van der Waals surface area contributed by atoms with Gasteiger partial charge in [0.05, 0.1) is 0 Å². The van der Waals surface area contributed by atoms with Crippen molar-refractivity contribution >= 4 is 17.3 Å². The van der Waals surface area contributed by atoms with Gasteiger partial charge < -0.3 is 10.6 Å². The van der Waals surface area contributed by atoms with E-state index in [0.717, 1.165) is 42.5 Å². The van der Waals surface area contributed by atoms with E-state index in [9.17, 15) is 0 Å². The molecule has 4 heteroatoms. The molecular weight excluding hydrogens is 258 g/mol. The molecule has 0 atom stereocenters. The third kappa shape index (κ3) is 6.28. The number of halogens is 1. The summed E-state index contributed by atoms with van der Waals surface area (Å²) in [4.78, 5) is 4.65. The first-order valence-corrected chi connectivity index (χ1v) is 7.17. The monoisotopic (exact) mass is 283 g/mol. The van der Waals surface area contributed by atoms with Gasteiger partial charge in [0.25, 0.3) is 0 Å². The maximum atomic E-state index is 6.26. The van der Waals surface area contributed by atoms with Crippen LogP contribution in [0.5, 0.6) is 0 Å². The van der Waals surface area contributed by atoms with E-state index in [0.29, 0.717) is 5.92 Å². The van der Waals surface area contributed by atoms with E-state index in [1.54, 1.807) is 0 Å². The van der Waals surface area contributed by atoms with Gasteiger partial charge in [-0.25, -0.2) is 0 Å². The van der Waals surface area contributed by atoms with Crippen LogP contribution in [0.1, 0.15) is 19.4 Å². The fourth-order valence-electron chi connectivity index (χ4n) is 2.03. The minimum absolute atomic E-state index is 0.648. The molecular formula is C15H26ClN3. The Morgan fingerprint density at radius 1 is 1.21 bits per heavy atom. The number of anilines is 1. The molecule has 0 aromatic heterocycles. The predicted molar refractivity (Wildman–Crippen MR) is 84.5 cm³/mol. The molecule has 1 rings (SSSR count). The molecule has 0 spiro atoms. The molecule has 0 aliphatic rings. The lowest BCUT2D eigenvalue weighted by Gasteiger charge is -2.26. The SMILES string of the molecule is CC(C)CN(CCN(C)C)Cc1ccc(N)cc1Cl. The first kappa shape index (κ1) is 16.3. The Labute approximate surface area is 122 Å². The summed E-state index contributed by atoms with van der Waals surface area (Å²) in [5.41, 5.74) is 7.60. The molecule has 0 aliphatic heterocycles. The third-order valence-electron chi connectivity index (χ3n) is 2.96. The van der Waals surface area contributed by atoms with Crippen LogP contribution in [-0.2, 0) is 6.54 Å². The van der Waals surface area contributed by atoms with Gasteiger partial charge in [0, 0.05) is 36.9 Å². The Bertz CT molecular complexity index is 391. The molecule has 2 N–H and O–H groups in total. The number of nitrogens with two attached hydrogens (primary N) is 1. The van der Waals surface area contributed by atoms with Gasteiger partial charge in [0.2, 0.25) is 0 Å². The van der Waals surface area contributed by atoms with E-state index in [1.165, 1.54) is 0 Å². The van der Waals surface area contributed by atoms with Crippen molar-refractivity contribution in [1.82, 2.24) is 9.80 Å². The molecule has 1 aromatic rings. The Morgan fingerprint density at radius 2 is 1.89 bits per heavy atom. The zero-order chi connectivity index (χ0) is 14.4. The van der Waals surface area contributed by atoms with Gasteiger partial charge in [0.1, 0.15) is 0 Å². The van der Waals surface area contributed by atoms with E-state index in [1.807, 2.05) is 18.2 Å². The fourth-order valence-corrected chi connectivity index (χ4v) is 2.27. The number of likely N-dealkylation sites (N-methyl/N-ethyl adjacent to an activating group) is 1. The van der Waals surface area contributed by atoms with Crippen LogP contribution in [0.15, 0.2) is 18.2 Å². The van der Waals surface area contributed by atoms with Crippen LogP contribution < -0.4 is 5.73 Å². The second-order valence-electron chi connectivity index (χ2n) is 5.78. The number of hydrogen-bond donors (Lipinski definition) is 1. The molecule has 0 bridgehead atoms. The smallest absolute Gasteiger partial charge is 0.0471 e. The summed E-state index contributed by atoms with van der Waals surface area (Å²) in [5.74, 6) is 0.648. The van der Waals surface area contributed by atoms with Gasteiger partial charge in [-0.15, -0.1) is 0 Å². The maximum Gasteiger partial charge on any atom is 0.0471 e. The second kappa shape index (κ2) is 7.73. The number of rotatable bonds is 7. The van der Waals surface area contributed by atoms with Gasteiger partial charge in [-0.05, 0) is 37.7 Å². The normalized spacial score (nSPS) is 11.8. The van der Waals surface area contributed by atoms with Crippen molar-refractivity contribution in [3.63, 3.8) is 0 Å². The van der Waals surface area contributed by atoms with Crippen molar-refractivity contribution in [2.75, 3.05) is 39.5 Å². The van der Waals surface area contributed by atoms with Crippen LogP contribution in [0.2, 0.25) is 5.02 Å². The molecule has 0 radical (unpaired) electrons. The number of hydrogen-bond acceptors (Lipinski definition) is 3. The lowest BCUT2D eigenvalue weighted by molar-refractivity contribution is 0.212. The summed E-state index contributed by atoms with van der Waals surface area (Å²) in [7, 11) is 4.20. The van der Waals surface area contributed by atoms with Crippen molar-refractivity contribution in [3.8, 4) is 0 Å². The topological polar surface area (TPSA) is 32.5 Å². The van der Waals surface area contributed by atoms with Gasteiger partial charge in [-0.1, -0.05) is 31.5 Å². The Balaban J connectivity index is 2.69. The van der Waals surface area contributed by atoms with Gasteiger partial charge in [0.15, 0.2) is 0 Å². The van der Waals surface area contributed by atoms with Gasteiger partial charge in [-0.3, -0.25) is 4.90 Å². The second-order valence-corrected chi connectivity index (χ2v) is 6.19. The molecule has 0 aliphatic carbocycles. The van der Waals surface area contributed by atoms with Gasteiger partial charge >= 0.3 is 0 Å². The van der Waals surface area contributed by atoms with Crippen molar-refractivity contribution in [2.45, 2.75) is 20.4 Å². The van der Waals surface area contributed by atoms with E-state index < -0.39 is 0 Å². The van der Waals surface area contributed by atoms with E-state index >= 15 is 0 Å². The minimum atomic E-state index is 0.648. The van der Waals surface area contributed by atoms with Crippen LogP contribution in [0.3, 0.4) is 0 Å². The Morgan fingerprint density at radius 3 is 2.42 bits per heavy atom. The van der Waals surface area contributed by atoms with Crippen LogP contribution in [0.25, 0.3) is 0 Å². The molecule has 0 saturated carbocycles. The molecule has 108 valence electrons. The van der Waals surface area contributed by atoms with Crippen LogP contribution in [-0.4, -0.2) is 43.5 Å². The molecule has 0 unspecified atom stereocenters. The maximum absolute atomic E-state index is 6.26. The molecule has 0 saturated heterocycles. The summed E-state index contributed by atoms with van der Waals surface area (Å²) >= 11 is 6.26. The lowest BCUT2D eigenvalue weighted by Crippen LogP contribution is -2.34. The highest BCUT2D eigenvalue weighted by Gasteiger charge is 2.11. The first-order valence-electron chi connectivity index (χ1n) is 6.79. The van der Waals surface area contributed by atoms with E-state index in [-0.39, 0.29) is 0 Å². The largest absolute Gasteiger partial charge is 0.399 e. The molecule has 1 aromatic carbocycles. The average molecular weight is 284 g/mol. The van der Waals surface area contributed by atoms with Crippen molar-refractivity contribution in [3.05, 3.63) is 28.8 Å².